The number of nitrogens with zero attached hydrogens (tertiary/aromatic N) is 6. The molecule has 69 heavy (non-hydrogen) atoms. The van der Waals surface area contributed by atoms with Crippen molar-refractivity contribution in [3.63, 3.8) is 0 Å². The number of likely N-dealkylation sites (tertiary alicyclic amines) is 3. The van der Waals surface area contributed by atoms with Crippen molar-refractivity contribution in [2.75, 3.05) is 45.9 Å². The normalized spacial score (nSPS) is 20.3. The van der Waals surface area contributed by atoms with Gasteiger partial charge in [-0.1, -0.05) is 20.3 Å². The van der Waals surface area contributed by atoms with Crippen molar-refractivity contribution in [1.82, 2.24) is 36.0 Å². The van der Waals surface area contributed by atoms with Crippen molar-refractivity contribution >= 4 is 65.2 Å². The number of aliphatic imine (C=N–C) groups is 3. The number of carbonyl (C=O) groups is 8. The van der Waals surface area contributed by atoms with E-state index < -0.39 is 108 Å². The molecular weight excluding hydrogens is 903 g/mol. The van der Waals surface area contributed by atoms with E-state index in [4.69, 9.17) is 40.1 Å². The molecule has 0 spiro atoms. The molecule has 0 aromatic carbocycles. The Labute approximate surface area is 401 Å². The molecular formula is C42H75N17O10. The molecule has 0 saturated carbocycles. The van der Waals surface area contributed by atoms with E-state index >= 15 is 0 Å². The highest BCUT2D eigenvalue weighted by Gasteiger charge is 2.43. The molecule has 3 aliphatic rings. The van der Waals surface area contributed by atoms with E-state index in [1.54, 1.807) is 6.92 Å². The van der Waals surface area contributed by atoms with Crippen molar-refractivity contribution in [2.45, 2.75) is 146 Å². The van der Waals surface area contributed by atoms with Crippen molar-refractivity contribution in [3.8, 4) is 0 Å². The van der Waals surface area contributed by atoms with Crippen LogP contribution in [0.25, 0.3) is 0 Å². The van der Waals surface area contributed by atoms with E-state index in [0.29, 0.717) is 32.1 Å². The summed E-state index contributed by atoms with van der Waals surface area (Å²) in [5.41, 5.74) is 38.6. The third kappa shape index (κ3) is 17.2. The lowest BCUT2D eigenvalue weighted by Gasteiger charge is -2.33. The molecule has 3 fully saturated rings. The topological polar surface area (TPSA) is 454 Å². The van der Waals surface area contributed by atoms with Crippen LogP contribution >= 0.6 is 0 Å². The van der Waals surface area contributed by atoms with E-state index in [-0.39, 0.29) is 109 Å². The molecule has 3 aliphatic heterocycles. The largest absolute Gasteiger partial charge is 0.480 e. The van der Waals surface area contributed by atoms with Gasteiger partial charge in [0, 0.05) is 39.3 Å². The van der Waals surface area contributed by atoms with Crippen molar-refractivity contribution in [1.29, 1.82) is 0 Å². The third-order valence-corrected chi connectivity index (χ3v) is 12.5. The van der Waals surface area contributed by atoms with Gasteiger partial charge in [0.25, 0.3) is 0 Å². The summed E-state index contributed by atoms with van der Waals surface area (Å²) < 4.78 is 0. The number of rotatable bonds is 27. The molecule has 27 heteroatoms. The molecule has 0 aromatic heterocycles. The van der Waals surface area contributed by atoms with Crippen LogP contribution in [0, 0.1) is 5.92 Å². The van der Waals surface area contributed by atoms with Crippen molar-refractivity contribution in [3.05, 3.63) is 0 Å². The number of nitrogens with one attached hydrogen (secondary N) is 4. The number of aliphatic hydroxyl groups excluding tert-OH is 1. The summed E-state index contributed by atoms with van der Waals surface area (Å²) in [7, 11) is 0. The zero-order chi connectivity index (χ0) is 51.4. The van der Waals surface area contributed by atoms with Gasteiger partial charge in [-0.05, 0) is 83.0 Å². The van der Waals surface area contributed by atoms with Gasteiger partial charge in [0.1, 0.15) is 48.3 Å². The van der Waals surface area contributed by atoms with Crippen molar-refractivity contribution in [2.24, 2.45) is 61.0 Å². The van der Waals surface area contributed by atoms with Gasteiger partial charge < -0.3 is 86.3 Å². The summed E-state index contributed by atoms with van der Waals surface area (Å²) in [6.07, 6.45) is 3.28. The lowest BCUT2D eigenvalue weighted by atomic mass is 9.96. The number of hydrogen-bond donors (Lipinski definition) is 13. The number of amides is 7. The van der Waals surface area contributed by atoms with E-state index in [1.165, 1.54) is 14.7 Å². The van der Waals surface area contributed by atoms with Gasteiger partial charge in [-0.25, -0.2) is 4.79 Å². The molecule has 0 aliphatic carbocycles. The van der Waals surface area contributed by atoms with E-state index in [0.717, 1.165) is 0 Å². The first-order chi connectivity index (χ1) is 32.7. The summed E-state index contributed by atoms with van der Waals surface area (Å²) in [6, 6.07) is -9.16. The van der Waals surface area contributed by atoms with Gasteiger partial charge in [-0.15, -0.1) is 0 Å². The Bertz CT molecular complexity index is 1890. The molecule has 0 bridgehead atoms. The van der Waals surface area contributed by atoms with Crippen LogP contribution in [0.2, 0.25) is 0 Å². The number of guanidine groups is 3. The summed E-state index contributed by atoms with van der Waals surface area (Å²) in [5.74, 6) is -6.69. The first kappa shape index (κ1) is 56.8. The van der Waals surface area contributed by atoms with Gasteiger partial charge in [0.05, 0.1) is 6.61 Å². The molecule has 3 heterocycles. The van der Waals surface area contributed by atoms with Crippen LogP contribution in [0.4, 0.5) is 0 Å². The highest BCUT2D eigenvalue weighted by Crippen LogP contribution is 2.24. The number of carbonyl (C=O) groups excluding carboxylic acids is 7. The smallest absolute Gasteiger partial charge is 0.326 e. The SMILES string of the molecule is CCC(C)C(NC(=O)C1CCCN1C(=O)C(N)CO)C(=O)NC(CCCN=C(N)N)C(=O)N1CCCC1C(=O)NC(CCCN=C(N)N)C(=O)N1CCCC1C(=O)NC(CCCN=C(N)N)C(=O)O. The van der Waals surface area contributed by atoms with E-state index in [1.807, 2.05) is 6.92 Å². The Kier molecular flexibility index (Phi) is 23.1. The highest BCUT2D eigenvalue weighted by molar-refractivity contribution is 5.98. The van der Waals surface area contributed by atoms with Gasteiger partial charge in [0.2, 0.25) is 41.4 Å². The van der Waals surface area contributed by atoms with Gasteiger partial charge >= 0.3 is 5.97 Å². The van der Waals surface area contributed by atoms with Crippen LogP contribution < -0.4 is 61.4 Å². The van der Waals surface area contributed by atoms with Crippen LogP contribution in [0.15, 0.2) is 15.0 Å². The minimum Gasteiger partial charge on any atom is -0.480 e. The number of nitrogens with two attached hydrogens (primary N) is 7. The number of aliphatic hydroxyl groups is 1. The number of carboxylic acid groups (broad SMARTS) is 1. The highest BCUT2D eigenvalue weighted by atomic mass is 16.4. The number of aliphatic carboxylic acids is 1. The zero-order valence-corrected chi connectivity index (χ0v) is 39.7. The van der Waals surface area contributed by atoms with Crippen LogP contribution in [0.3, 0.4) is 0 Å². The van der Waals surface area contributed by atoms with Gasteiger partial charge in [-0.3, -0.25) is 48.5 Å². The summed E-state index contributed by atoms with van der Waals surface area (Å²) in [6.45, 7) is 3.82. The Hall–Kier alpha value is -6.51. The lowest BCUT2D eigenvalue weighted by Crippen LogP contribution is -2.60. The first-order valence-electron chi connectivity index (χ1n) is 23.6. The molecule has 7 amide bonds. The molecule has 9 atom stereocenters. The molecule has 3 rings (SSSR count). The van der Waals surface area contributed by atoms with Crippen LogP contribution in [0.1, 0.15) is 97.3 Å². The molecule has 388 valence electrons. The lowest BCUT2D eigenvalue weighted by molar-refractivity contribution is -0.146. The fraction of sp³-hybridized carbons (Fsp3) is 0.738. The average molecular weight is 978 g/mol. The van der Waals surface area contributed by atoms with Gasteiger partial charge in [0.15, 0.2) is 17.9 Å². The Morgan fingerprint density at radius 1 is 0.580 bits per heavy atom. The maximum absolute atomic E-state index is 14.6. The minimum atomic E-state index is -1.29. The summed E-state index contributed by atoms with van der Waals surface area (Å²) >= 11 is 0. The molecule has 0 radical (unpaired) electrons. The third-order valence-electron chi connectivity index (χ3n) is 12.5. The van der Waals surface area contributed by atoms with Crippen LogP contribution in [-0.2, 0) is 38.4 Å². The zero-order valence-electron chi connectivity index (χ0n) is 39.7. The quantitative estimate of drug-likeness (QED) is 0.0207. The molecule has 0 aromatic rings. The monoisotopic (exact) mass is 978 g/mol. The Morgan fingerprint density at radius 3 is 1.32 bits per heavy atom. The van der Waals surface area contributed by atoms with Crippen LogP contribution in [-0.4, -0.2) is 184 Å². The standard InChI is InChI=1S/C42H75N17O10/c1-3-23(2)31(56-34(63)30-15-7-19-57(30)36(65)24(43)22-60)35(64)54-26(11-5-17-51-41(46)47)38(67)58-20-8-13-28(58)32(61)53-25(10-4-16-50-40(44)45)37(66)59-21-9-14-29(59)33(62)55-27(39(68)69)12-6-18-52-42(48)49/h23-31,60H,3-22,43H2,1-2H3,(H,53,61)(H,54,64)(H,55,62)(H,56,63)(H,68,69)(H4,44,45,50)(H4,46,47,51)(H4,48,49,52). The van der Waals surface area contributed by atoms with Crippen LogP contribution in [0.5, 0.6) is 0 Å². The maximum atomic E-state index is 14.6. The summed E-state index contributed by atoms with van der Waals surface area (Å²) in [4.78, 5) is 125. The van der Waals surface area contributed by atoms with E-state index in [2.05, 4.69) is 36.2 Å². The average Bonchev–Trinajstić information content (AvgIpc) is 4.12. The second-order valence-corrected chi connectivity index (χ2v) is 17.6. The molecule has 20 N–H and O–H groups in total. The minimum absolute atomic E-state index is 0.0134. The predicted octanol–water partition coefficient (Wildman–Crippen LogP) is -5.49. The van der Waals surface area contributed by atoms with E-state index in [9.17, 15) is 48.6 Å². The predicted molar refractivity (Wildman–Crippen MR) is 254 cm³/mol. The number of hydrogen-bond acceptors (Lipinski definition) is 13. The second kappa shape index (κ2) is 28.1. The molecule has 9 unspecified atom stereocenters. The molecule has 3 saturated heterocycles. The fourth-order valence-corrected chi connectivity index (χ4v) is 8.63. The first-order valence-corrected chi connectivity index (χ1v) is 23.6. The Balaban J connectivity index is 1.85. The molecule has 27 nitrogen and oxygen atoms in total. The Morgan fingerprint density at radius 2 is 0.942 bits per heavy atom. The second-order valence-electron chi connectivity index (χ2n) is 17.6. The maximum Gasteiger partial charge on any atom is 0.326 e. The van der Waals surface area contributed by atoms with Gasteiger partial charge in [-0.2, -0.15) is 0 Å². The fourth-order valence-electron chi connectivity index (χ4n) is 8.63. The van der Waals surface area contributed by atoms with Crippen molar-refractivity contribution < 1.29 is 48.6 Å². The number of carboxylic acids is 1. The summed E-state index contributed by atoms with van der Waals surface area (Å²) in [5, 5.41) is 30.2.